The van der Waals surface area contributed by atoms with Gasteiger partial charge in [0, 0.05) is 31.1 Å². The van der Waals surface area contributed by atoms with Crippen LogP contribution < -0.4 is 16.0 Å². The van der Waals surface area contributed by atoms with Gasteiger partial charge in [-0.2, -0.15) is 0 Å². The van der Waals surface area contributed by atoms with Crippen LogP contribution in [0.2, 0.25) is 0 Å². The van der Waals surface area contributed by atoms with Crippen LogP contribution in [0.25, 0.3) is 0 Å². The fraction of sp³-hybridized carbons (Fsp3) is 0.484. The molecule has 1 heterocycles. The van der Waals surface area contributed by atoms with Crippen LogP contribution in [0.15, 0.2) is 54.6 Å². The third-order valence-corrected chi connectivity index (χ3v) is 6.83. The van der Waals surface area contributed by atoms with Crippen molar-refractivity contribution in [3.8, 4) is 0 Å². The molecule has 1 aliphatic rings. The average molecular weight is 551 g/mol. The Morgan fingerprint density at radius 3 is 2.12 bits per heavy atom. The molecule has 0 bridgehead atoms. The smallest absolute Gasteiger partial charge is 0.408 e. The zero-order chi connectivity index (χ0) is 29.3. The van der Waals surface area contributed by atoms with E-state index in [9.17, 15) is 19.2 Å². The summed E-state index contributed by atoms with van der Waals surface area (Å²) in [6, 6.07) is 15.6. The van der Waals surface area contributed by atoms with Gasteiger partial charge in [0.15, 0.2) is 0 Å². The van der Waals surface area contributed by atoms with Crippen molar-refractivity contribution in [3.05, 3.63) is 65.7 Å². The van der Waals surface area contributed by atoms with E-state index < -0.39 is 23.8 Å². The first-order valence-corrected chi connectivity index (χ1v) is 14.0. The summed E-state index contributed by atoms with van der Waals surface area (Å²) in [5.74, 6) is -1.02. The molecule has 3 N–H and O–H groups in total. The van der Waals surface area contributed by atoms with E-state index in [1.165, 1.54) is 5.56 Å². The molecule has 216 valence electrons. The molecular weight excluding hydrogens is 508 g/mol. The summed E-state index contributed by atoms with van der Waals surface area (Å²) in [4.78, 5) is 53.2. The summed E-state index contributed by atoms with van der Waals surface area (Å²) < 4.78 is 5.39. The molecule has 0 saturated carbocycles. The Bertz CT molecular complexity index is 1150. The number of hydrogen-bond donors (Lipinski definition) is 3. The maximum atomic E-state index is 13.5. The van der Waals surface area contributed by atoms with Crippen LogP contribution in [0.1, 0.15) is 58.6 Å². The minimum Gasteiger partial charge on any atom is -0.444 e. The van der Waals surface area contributed by atoms with Crippen molar-refractivity contribution in [2.45, 2.75) is 78.0 Å². The number of hydrogen-bond acceptors (Lipinski definition) is 5. The number of rotatable bonds is 9. The predicted molar refractivity (Wildman–Crippen MR) is 155 cm³/mol. The number of carbonyl (C=O) groups is 4. The molecule has 0 spiro atoms. The lowest BCUT2D eigenvalue weighted by atomic mass is 9.94. The zero-order valence-electron chi connectivity index (χ0n) is 24.2. The highest BCUT2D eigenvalue weighted by atomic mass is 16.6. The van der Waals surface area contributed by atoms with Gasteiger partial charge in [0.2, 0.25) is 17.7 Å². The number of nitrogens with one attached hydrogen (secondary N) is 3. The topological polar surface area (TPSA) is 117 Å². The quantitative estimate of drug-likeness (QED) is 0.435. The van der Waals surface area contributed by atoms with E-state index in [2.05, 4.69) is 22.9 Å². The SMILES string of the molecule is CCc1ccc(NC(=O)[C@H](C)NC(=O)C2CCN(C(=O)[C@H](Cc3ccccc3)NC(=O)OC(C)(C)C)CC2)cc1. The molecule has 9 nitrogen and oxygen atoms in total. The maximum Gasteiger partial charge on any atom is 0.408 e. The van der Waals surface area contributed by atoms with Crippen molar-refractivity contribution >= 4 is 29.5 Å². The van der Waals surface area contributed by atoms with Crippen molar-refractivity contribution in [2.75, 3.05) is 18.4 Å². The average Bonchev–Trinajstić information content (AvgIpc) is 2.92. The zero-order valence-corrected chi connectivity index (χ0v) is 24.2. The van der Waals surface area contributed by atoms with Gasteiger partial charge in [-0.25, -0.2) is 4.79 Å². The lowest BCUT2D eigenvalue weighted by Crippen LogP contribution is -2.53. The number of amides is 4. The molecule has 4 amide bonds. The summed E-state index contributed by atoms with van der Waals surface area (Å²) in [5.41, 5.74) is 2.08. The molecule has 3 rings (SSSR count). The second kappa shape index (κ2) is 14.0. The molecule has 1 fully saturated rings. The second-order valence-electron chi connectivity index (χ2n) is 11.3. The highest BCUT2D eigenvalue weighted by Crippen LogP contribution is 2.20. The molecule has 0 unspecified atom stereocenters. The van der Waals surface area contributed by atoms with Crippen molar-refractivity contribution in [2.24, 2.45) is 5.92 Å². The first-order valence-electron chi connectivity index (χ1n) is 14.0. The number of benzene rings is 2. The third-order valence-electron chi connectivity index (χ3n) is 6.83. The Balaban J connectivity index is 1.54. The Labute approximate surface area is 237 Å². The van der Waals surface area contributed by atoms with Crippen molar-refractivity contribution in [1.82, 2.24) is 15.5 Å². The minimum atomic E-state index is -0.794. The van der Waals surface area contributed by atoms with Gasteiger partial charge in [-0.15, -0.1) is 0 Å². The van der Waals surface area contributed by atoms with Gasteiger partial charge >= 0.3 is 6.09 Å². The van der Waals surface area contributed by atoms with Gasteiger partial charge < -0.3 is 25.6 Å². The molecule has 0 aromatic heterocycles. The Hall–Kier alpha value is -3.88. The van der Waals surface area contributed by atoms with E-state index in [1.807, 2.05) is 54.6 Å². The Kier molecular flexibility index (Phi) is 10.7. The van der Waals surface area contributed by atoms with Gasteiger partial charge in [0.05, 0.1) is 0 Å². The molecule has 0 radical (unpaired) electrons. The number of piperidine rings is 1. The van der Waals surface area contributed by atoms with E-state index in [0.29, 0.717) is 38.0 Å². The van der Waals surface area contributed by atoms with Gasteiger partial charge in [-0.05, 0) is 70.2 Å². The van der Waals surface area contributed by atoms with Crippen LogP contribution in [-0.4, -0.2) is 59.5 Å². The number of aryl methyl sites for hydroxylation is 1. The van der Waals surface area contributed by atoms with Crippen LogP contribution in [0, 0.1) is 5.92 Å². The molecule has 2 aromatic rings. The number of carbonyl (C=O) groups excluding carboxylic acids is 4. The summed E-state index contributed by atoms with van der Waals surface area (Å²) in [6.07, 6.45) is 1.53. The number of likely N-dealkylation sites (tertiary alicyclic amines) is 1. The molecule has 40 heavy (non-hydrogen) atoms. The van der Waals surface area contributed by atoms with Crippen molar-refractivity contribution < 1.29 is 23.9 Å². The summed E-state index contributed by atoms with van der Waals surface area (Å²) >= 11 is 0. The largest absolute Gasteiger partial charge is 0.444 e. The highest BCUT2D eigenvalue weighted by molar-refractivity contribution is 5.97. The van der Waals surface area contributed by atoms with Gasteiger partial charge in [-0.1, -0.05) is 49.4 Å². The monoisotopic (exact) mass is 550 g/mol. The van der Waals surface area contributed by atoms with E-state index in [-0.39, 0.29) is 23.6 Å². The number of alkyl carbamates (subject to hydrolysis) is 1. The van der Waals surface area contributed by atoms with Crippen LogP contribution in [0.3, 0.4) is 0 Å². The summed E-state index contributed by atoms with van der Waals surface area (Å²) in [7, 11) is 0. The first-order chi connectivity index (χ1) is 18.9. The van der Waals surface area contributed by atoms with E-state index >= 15 is 0 Å². The van der Waals surface area contributed by atoms with Gasteiger partial charge in [-0.3, -0.25) is 14.4 Å². The number of anilines is 1. The van der Waals surface area contributed by atoms with E-state index in [1.54, 1.807) is 32.6 Å². The lowest BCUT2D eigenvalue weighted by Gasteiger charge is -2.34. The second-order valence-corrected chi connectivity index (χ2v) is 11.3. The van der Waals surface area contributed by atoms with Crippen molar-refractivity contribution in [3.63, 3.8) is 0 Å². The van der Waals surface area contributed by atoms with Gasteiger partial charge in [0.25, 0.3) is 0 Å². The Morgan fingerprint density at radius 2 is 1.55 bits per heavy atom. The molecule has 1 aliphatic heterocycles. The van der Waals surface area contributed by atoms with Crippen LogP contribution in [0.4, 0.5) is 10.5 Å². The summed E-state index contributed by atoms with van der Waals surface area (Å²) in [5, 5.41) is 8.39. The van der Waals surface area contributed by atoms with Gasteiger partial charge in [0.1, 0.15) is 17.7 Å². The fourth-order valence-corrected chi connectivity index (χ4v) is 4.55. The third kappa shape index (κ3) is 9.39. The fourth-order valence-electron chi connectivity index (χ4n) is 4.55. The predicted octanol–water partition coefficient (Wildman–Crippen LogP) is 4.07. The normalized spacial score (nSPS) is 15.5. The standard InChI is InChI=1S/C31H42N4O5/c1-6-22-12-14-25(15-13-22)33-27(36)21(2)32-28(37)24-16-18-35(19-17-24)29(38)26(20-23-10-8-7-9-11-23)34-30(39)40-31(3,4)5/h7-15,21,24,26H,6,16-20H2,1-5H3,(H,32,37)(H,33,36)(H,34,39)/t21-,26-/m0/s1. The molecule has 2 atom stereocenters. The molecule has 1 saturated heterocycles. The van der Waals surface area contributed by atoms with E-state index in [0.717, 1.165) is 12.0 Å². The number of nitrogens with zero attached hydrogens (tertiary/aromatic N) is 1. The molecule has 2 aromatic carbocycles. The van der Waals surface area contributed by atoms with Crippen LogP contribution in [-0.2, 0) is 32.0 Å². The number of ether oxygens (including phenoxy) is 1. The summed E-state index contributed by atoms with van der Waals surface area (Å²) in [6.45, 7) is 9.78. The minimum absolute atomic E-state index is 0.205. The first kappa shape index (κ1) is 30.7. The maximum absolute atomic E-state index is 13.5. The molecule has 9 heteroatoms. The molecule has 0 aliphatic carbocycles. The lowest BCUT2D eigenvalue weighted by molar-refractivity contribution is -0.137. The molecular formula is C31H42N4O5. The highest BCUT2D eigenvalue weighted by Gasteiger charge is 2.33. The van der Waals surface area contributed by atoms with Crippen molar-refractivity contribution in [1.29, 1.82) is 0 Å². The van der Waals surface area contributed by atoms with E-state index in [4.69, 9.17) is 4.74 Å². The van der Waals surface area contributed by atoms with Crippen LogP contribution >= 0.6 is 0 Å². The van der Waals surface area contributed by atoms with Crippen LogP contribution in [0.5, 0.6) is 0 Å². The Morgan fingerprint density at radius 1 is 0.925 bits per heavy atom.